The number of aromatic amines is 1. The number of hydrogen-bond acceptors (Lipinski definition) is 2. The summed E-state index contributed by atoms with van der Waals surface area (Å²) in [7, 11) is 0. The zero-order valence-electron chi connectivity index (χ0n) is 8.87. The predicted molar refractivity (Wildman–Crippen MR) is 61.6 cm³/mol. The molecule has 0 amide bonds. The molecule has 0 aliphatic heterocycles. The number of nitrogens with one attached hydrogen (secondary N) is 2. The number of aromatic nitrogens is 2. The third-order valence-corrected chi connectivity index (χ3v) is 2.58. The minimum atomic E-state index is 1.00. The fraction of sp³-hybridized carbons (Fsp3) is 0.417. The van der Waals surface area contributed by atoms with Gasteiger partial charge >= 0.3 is 0 Å². The van der Waals surface area contributed by atoms with Crippen molar-refractivity contribution in [1.29, 1.82) is 0 Å². The van der Waals surface area contributed by atoms with E-state index in [1.54, 1.807) is 6.33 Å². The van der Waals surface area contributed by atoms with E-state index < -0.39 is 0 Å². The molecule has 1 aliphatic carbocycles. The molecular weight excluding hydrogens is 186 g/mol. The Balaban J connectivity index is 1.63. The Bertz CT molecular complexity index is 336. The first-order chi connectivity index (χ1) is 7.45. The van der Waals surface area contributed by atoms with E-state index >= 15 is 0 Å². The van der Waals surface area contributed by atoms with Crippen molar-refractivity contribution in [1.82, 2.24) is 15.3 Å². The lowest BCUT2D eigenvalue weighted by Crippen LogP contribution is -2.20. The lowest BCUT2D eigenvalue weighted by molar-refractivity contribution is 0.702. The van der Waals surface area contributed by atoms with Gasteiger partial charge in [0.2, 0.25) is 0 Å². The van der Waals surface area contributed by atoms with Crippen LogP contribution in [0.3, 0.4) is 0 Å². The number of hydrogen-bond donors (Lipinski definition) is 2. The summed E-state index contributed by atoms with van der Waals surface area (Å²) in [6.07, 6.45) is 13.6. The topological polar surface area (TPSA) is 40.7 Å². The summed E-state index contributed by atoms with van der Waals surface area (Å²) >= 11 is 0. The summed E-state index contributed by atoms with van der Waals surface area (Å²) in [4.78, 5) is 7.09. The molecule has 0 unspecified atom stereocenters. The summed E-state index contributed by atoms with van der Waals surface area (Å²) in [6, 6.07) is 0. The maximum atomic E-state index is 3.99. The van der Waals surface area contributed by atoms with Crippen LogP contribution in [0.25, 0.3) is 0 Å². The molecule has 15 heavy (non-hydrogen) atoms. The molecule has 1 heterocycles. The van der Waals surface area contributed by atoms with Crippen molar-refractivity contribution in [2.75, 3.05) is 13.1 Å². The Kier molecular flexibility index (Phi) is 3.74. The standard InChI is InChI=1S/C12H17N3/c1-2-4-11(5-3-1)8-13-7-6-12-9-14-10-15-12/h1-2,4,9-10,13H,3,5-8H2,(H,14,15). The zero-order chi connectivity index (χ0) is 10.3. The number of imidazole rings is 1. The van der Waals surface area contributed by atoms with Gasteiger partial charge in [-0.3, -0.25) is 0 Å². The maximum Gasteiger partial charge on any atom is 0.0921 e. The molecule has 2 N–H and O–H groups in total. The van der Waals surface area contributed by atoms with E-state index in [-0.39, 0.29) is 0 Å². The highest BCUT2D eigenvalue weighted by Gasteiger charge is 1.99. The van der Waals surface area contributed by atoms with E-state index in [9.17, 15) is 0 Å². The van der Waals surface area contributed by atoms with Gasteiger partial charge in [0, 0.05) is 31.4 Å². The number of allylic oxidation sites excluding steroid dienone is 3. The first-order valence-corrected chi connectivity index (χ1v) is 5.48. The van der Waals surface area contributed by atoms with Gasteiger partial charge in [-0.25, -0.2) is 4.98 Å². The van der Waals surface area contributed by atoms with Crippen LogP contribution in [0.1, 0.15) is 18.5 Å². The van der Waals surface area contributed by atoms with E-state index in [1.807, 2.05) is 6.20 Å². The van der Waals surface area contributed by atoms with Gasteiger partial charge in [-0.2, -0.15) is 0 Å². The first kappa shape index (κ1) is 10.2. The van der Waals surface area contributed by atoms with Crippen LogP contribution in [0.5, 0.6) is 0 Å². The molecule has 1 aliphatic rings. The Morgan fingerprint density at radius 3 is 3.20 bits per heavy atom. The van der Waals surface area contributed by atoms with Crippen molar-refractivity contribution in [2.45, 2.75) is 19.3 Å². The second-order valence-electron chi connectivity index (χ2n) is 3.80. The monoisotopic (exact) mass is 203 g/mol. The van der Waals surface area contributed by atoms with Crippen LogP contribution in [0.15, 0.2) is 36.3 Å². The van der Waals surface area contributed by atoms with Crippen LogP contribution >= 0.6 is 0 Å². The molecule has 3 nitrogen and oxygen atoms in total. The van der Waals surface area contributed by atoms with Gasteiger partial charge in [-0.1, -0.05) is 23.8 Å². The van der Waals surface area contributed by atoms with Crippen LogP contribution in [0, 0.1) is 0 Å². The zero-order valence-corrected chi connectivity index (χ0v) is 8.87. The van der Waals surface area contributed by atoms with Gasteiger partial charge in [0.05, 0.1) is 6.33 Å². The fourth-order valence-corrected chi connectivity index (χ4v) is 1.69. The lowest BCUT2D eigenvalue weighted by atomic mass is 10.1. The Morgan fingerprint density at radius 1 is 1.47 bits per heavy atom. The molecule has 1 aromatic heterocycles. The van der Waals surface area contributed by atoms with Crippen LogP contribution in [-0.2, 0) is 6.42 Å². The van der Waals surface area contributed by atoms with Gasteiger partial charge in [-0.15, -0.1) is 0 Å². The maximum absolute atomic E-state index is 3.99. The van der Waals surface area contributed by atoms with Crippen molar-refractivity contribution in [3.05, 3.63) is 42.0 Å². The second kappa shape index (κ2) is 5.51. The minimum Gasteiger partial charge on any atom is -0.348 e. The first-order valence-electron chi connectivity index (χ1n) is 5.48. The van der Waals surface area contributed by atoms with Gasteiger partial charge in [-0.05, 0) is 12.8 Å². The van der Waals surface area contributed by atoms with Crippen LogP contribution in [-0.4, -0.2) is 23.1 Å². The highest BCUT2D eigenvalue weighted by molar-refractivity contribution is 5.18. The van der Waals surface area contributed by atoms with E-state index in [0.717, 1.165) is 19.5 Å². The van der Waals surface area contributed by atoms with Gasteiger partial charge in [0.25, 0.3) is 0 Å². The minimum absolute atomic E-state index is 1.00. The number of H-pyrrole nitrogens is 1. The van der Waals surface area contributed by atoms with E-state index in [0.29, 0.717) is 0 Å². The molecule has 0 saturated heterocycles. The Morgan fingerprint density at radius 2 is 2.47 bits per heavy atom. The third-order valence-electron chi connectivity index (χ3n) is 2.58. The molecule has 0 aromatic carbocycles. The summed E-state index contributed by atoms with van der Waals surface area (Å²) in [5, 5.41) is 3.44. The Labute approximate surface area is 90.3 Å². The highest BCUT2D eigenvalue weighted by Crippen LogP contribution is 2.09. The lowest BCUT2D eigenvalue weighted by Gasteiger charge is -2.09. The summed E-state index contributed by atoms with van der Waals surface area (Å²) in [5.74, 6) is 0. The number of rotatable bonds is 5. The SMILES string of the molecule is C1=CCCC(CNCCc2cnc[nH]2)=C1. The normalized spacial score (nSPS) is 15.3. The quantitative estimate of drug-likeness (QED) is 0.717. The average molecular weight is 203 g/mol. The van der Waals surface area contributed by atoms with Crippen molar-refractivity contribution in [3.63, 3.8) is 0 Å². The third kappa shape index (κ3) is 3.36. The van der Waals surface area contributed by atoms with Crippen molar-refractivity contribution >= 4 is 0 Å². The van der Waals surface area contributed by atoms with Crippen LogP contribution < -0.4 is 5.32 Å². The van der Waals surface area contributed by atoms with Gasteiger partial charge in [0.15, 0.2) is 0 Å². The molecule has 0 radical (unpaired) electrons. The molecule has 1 aromatic rings. The summed E-state index contributed by atoms with van der Waals surface area (Å²) < 4.78 is 0. The van der Waals surface area contributed by atoms with Gasteiger partial charge < -0.3 is 10.3 Å². The molecule has 0 spiro atoms. The molecule has 0 bridgehead atoms. The number of nitrogens with zero attached hydrogens (tertiary/aromatic N) is 1. The molecule has 0 atom stereocenters. The molecule has 2 rings (SSSR count). The van der Waals surface area contributed by atoms with E-state index in [4.69, 9.17) is 0 Å². The smallest absolute Gasteiger partial charge is 0.0921 e. The van der Waals surface area contributed by atoms with E-state index in [2.05, 4.69) is 33.5 Å². The summed E-state index contributed by atoms with van der Waals surface area (Å²) in [6.45, 7) is 2.02. The molecule has 0 fully saturated rings. The largest absolute Gasteiger partial charge is 0.348 e. The molecule has 3 heteroatoms. The molecule has 80 valence electrons. The van der Waals surface area contributed by atoms with Gasteiger partial charge in [0.1, 0.15) is 0 Å². The second-order valence-corrected chi connectivity index (χ2v) is 3.80. The molecule has 0 saturated carbocycles. The van der Waals surface area contributed by atoms with E-state index in [1.165, 1.54) is 24.1 Å². The Hall–Kier alpha value is -1.35. The predicted octanol–water partition coefficient (Wildman–Crippen LogP) is 1.82. The van der Waals surface area contributed by atoms with Crippen molar-refractivity contribution in [2.24, 2.45) is 0 Å². The van der Waals surface area contributed by atoms with Crippen molar-refractivity contribution in [3.8, 4) is 0 Å². The van der Waals surface area contributed by atoms with Crippen LogP contribution in [0.2, 0.25) is 0 Å². The fourth-order valence-electron chi connectivity index (χ4n) is 1.69. The molecular formula is C12H17N3. The highest BCUT2D eigenvalue weighted by atomic mass is 14.9. The summed E-state index contributed by atoms with van der Waals surface area (Å²) in [5.41, 5.74) is 2.70. The average Bonchev–Trinajstić information content (AvgIpc) is 2.79. The van der Waals surface area contributed by atoms with Crippen molar-refractivity contribution < 1.29 is 0 Å². The van der Waals surface area contributed by atoms with Crippen LogP contribution in [0.4, 0.5) is 0 Å².